The monoisotopic (exact) mass is 302 g/mol. The molecule has 0 spiro atoms. The number of carboxylic acids is 1. The van der Waals surface area contributed by atoms with Crippen molar-refractivity contribution in [2.24, 2.45) is 0 Å². The number of likely N-dealkylation sites (N-methyl/N-ethyl adjacent to an activating group) is 1. The molecule has 8 nitrogen and oxygen atoms in total. The van der Waals surface area contributed by atoms with Crippen LogP contribution in [0.15, 0.2) is 17.3 Å². The third kappa shape index (κ3) is 3.00. The molecule has 1 saturated heterocycles. The lowest BCUT2D eigenvalue weighted by Crippen LogP contribution is -2.51. The minimum absolute atomic E-state index is 0.0375. The molecule has 1 atom stereocenters. The minimum atomic E-state index is -3.60. The lowest BCUT2D eigenvalue weighted by Gasteiger charge is -2.36. The first-order chi connectivity index (χ1) is 9.30. The molecule has 1 aliphatic rings. The number of sulfonamides is 1. The van der Waals surface area contributed by atoms with E-state index in [1.807, 2.05) is 14.0 Å². The van der Waals surface area contributed by atoms with Crippen molar-refractivity contribution < 1.29 is 18.3 Å². The molecule has 20 heavy (non-hydrogen) atoms. The van der Waals surface area contributed by atoms with Crippen LogP contribution in [0.4, 0.5) is 0 Å². The van der Waals surface area contributed by atoms with Gasteiger partial charge in [-0.1, -0.05) is 0 Å². The number of hydrogen-bond donors (Lipinski definition) is 1. The third-order valence-electron chi connectivity index (χ3n) is 3.47. The number of rotatable bonds is 4. The van der Waals surface area contributed by atoms with Gasteiger partial charge < -0.3 is 10.0 Å². The van der Waals surface area contributed by atoms with Crippen LogP contribution in [-0.4, -0.2) is 71.2 Å². The molecular formula is C11H18N4O4S. The molecule has 1 fully saturated rings. The number of piperazine rings is 1. The van der Waals surface area contributed by atoms with E-state index in [9.17, 15) is 13.2 Å². The summed E-state index contributed by atoms with van der Waals surface area (Å²) in [4.78, 5) is 12.7. The van der Waals surface area contributed by atoms with E-state index < -0.39 is 16.0 Å². The van der Waals surface area contributed by atoms with Gasteiger partial charge in [0.2, 0.25) is 10.0 Å². The quantitative estimate of drug-likeness (QED) is 0.789. The fraction of sp³-hybridized carbons (Fsp3) is 0.636. The van der Waals surface area contributed by atoms with Gasteiger partial charge in [0, 0.05) is 31.9 Å². The second-order valence-electron chi connectivity index (χ2n) is 4.96. The predicted molar refractivity (Wildman–Crippen MR) is 70.7 cm³/mol. The Kier molecular flexibility index (Phi) is 4.11. The molecule has 0 amide bonds. The van der Waals surface area contributed by atoms with Crippen molar-refractivity contribution in [3.05, 3.63) is 12.4 Å². The Bertz CT molecular complexity index is 597. The highest BCUT2D eigenvalue weighted by atomic mass is 32.2. The van der Waals surface area contributed by atoms with Gasteiger partial charge in [0.05, 0.1) is 6.20 Å². The maximum atomic E-state index is 12.4. The van der Waals surface area contributed by atoms with Gasteiger partial charge in [-0.3, -0.25) is 9.48 Å². The third-order valence-corrected chi connectivity index (χ3v) is 5.29. The number of nitrogens with zero attached hydrogens (tertiary/aromatic N) is 4. The average molecular weight is 302 g/mol. The van der Waals surface area contributed by atoms with E-state index >= 15 is 0 Å². The average Bonchev–Trinajstić information content (AvgIpc) is 2.80. The van der Waals surface area contributed by atoms with Crippen molar-refractivity contribution in [2.45, 2.75) is 24.4 Å². The van der Waals surface area contributed by atoms with Crippen LogP contribution in [0.25, 0.3) is 0 Å². The van der Waals surface area contributed by atoms with Crippen molar-refractivity contribution in [1.29, 1.82) is 0 Å². The van der Waals surface area contributed by atoms with Gasteiger partial charge in [-0.05, 0) is 14.0 Å². The summed E-state index contributed by atoms with van der Waals surface area (Å²) in [6.45, 7) is 3.13. The SMILES string of the molecule is CC1CN(S(=O)(=O)c2cnn(CC(=O)O)c2)CCN1C. The van der Waals surface area contributed by atoms with Gasteiger partial charge in [-0.15, -0.1) is 0 Å². The Labute approximate surface area is 117 Å². The first kappa shape index (κ1) is 14.9. The van der Waals surface area contributed by atoms with Gasteiger partial charge in [-0.2, -0.15) is 9.40 Å². The van der Waals surface area contributed by atoms with Crippen LogP contribution in [0, 0.1) is 0 Å². The van der Waals surface area contributed by atoms with Crippen LogP contribution in [-0.2, 0) is 21.4 Å². The number of carboxylic acid groups (broad SMARTS) is 1. The molecule has 2 heterocycles. The zero-order valence-corrected chi connectivity index (χ0v) is 12.2. The van der Waals surface area contributed by atoms with Crippen LogP contribution >= 0.6 is 0 Å². The number of aromatic nitrogens is 2. The second kappa shape index (κ2) is 5.51. The second-order valence-corrected chi connectivity index (χ2v) is 6.90. The van der Waals surface area contributed by atoms with E-state index in [0.29, 0.717) is 19.6 Å². The van der Waals surface area contributed by atoms with E-state index in [-0.39, 0.29) is 17.5 Å². The van der Waals surface area contributed by atoms with Crippen LogP contribution in [0.1, 0.15) is 6.92 Å². The van der Waals surface area contributed by atoms with E-state index in [4.69, 9.17) is 5.11 Å². The number of carbonyl (C=O) groups is 1. The van der Waals surface area contributed by atoms with Crippen LogP contribution in [0.5, 0.6) is 0 Å². The van der Waals surface area contributed by atoms with Gasteiger partial charge in [0.15, 0.2) is 0 Å². The van der Waals surface area contributed by atoms with Gasteiger partial charge in [-0.25, -0.2) is 8.42 Å². The Morgan fingerprint density at radius 3 is 2.80 bits per heavy atom. The molecule has 112 valence electrons. The highest BCUT2D eigenvalue weighted by molar-refractivity contribution is 7.89. The van der Waals surface area contributed by atoms with E-state index in [2.05, 4.69) is 10.00 Å². The van der Waals surface area contributed by atoms with Gasteiger partial charge in [0.1, 0.15) is 11.4 Å². The number of hydrogen-bond acceptors (Lipinski definition) is 5. The summed E-state index contributed by atoms with van der Waals surface area (Å²) in [5.41, 5.74) is 0. The lowest BCUT2D eigenvalue weighted by molar-refractivity contribution is -0.137. The Morgan fingerprint density at radius 2 is 2.20 bits per heavy atom. The summed E-state index contributed by atoms with van der Waals surface area (Å²) in [5.74, 6) is -1.06. The van der Waals surface area contributed by atoms with Crippen molar-refractivity contribution in [3.63, 3.8) is 0 Å². The normalized spacial score (nSPS) is 22.0. The topological polar surface area (TPSA) is 95.7 Å². The largest absolute Gasteiger partial charge is 0.480 e. The molecule has 0 radical (unpaired) electrons. The summed E-state index contributed by atoms with van der Waals surface area (Å²) in [6, 6.07) is 0.146. The molecule has 0 aromatic carbocycles. The first-order valence-corrected chi connectivity index (χ1v) is 7.69. The summed E-state index contributed by atoms with van der Waals surface area (Å²) >= 11 is 0. The molecule has 2 rings (SSSR count). The zero-order valence-electron chi connectivity index (χ0n) is 11.4. The van der Waals surface area contributed by atoms with Gasteiger partial charge in [0.25, 0.3) is 0 Å². The summed E-state index contributed by atoms with van der Waals surface area (Å²) < 4.78 is 27.4. The lowest BCUT2D eigenvalue weighted by atomic mass is 10.2. The minimum Gasteiger partial charge on any atom is -0.480 e. The standard InChI is InChI=1S/C11H18N4O4S/c1-9-6-15(4-3-13(9)2)20(18,19)10-5-12-14(7-10)8-11(16)17/h5,7,9H,3-4,6,8H2,1-2H3,(H,16,17). The maximum Gasteiger partial charge on any atom is 0.325 e. The van der Waals surface area contributed by atoms with Crippen molar-refractivity contribution >= 4 is 16.0 Å². The highest BCUT2D eigenvalue weighted by Crippen LogP contribution is 2.18. The first-order valence-electron chi connectivity index (χ1n) is 6.25. The van der Waals surface area contributed by atoms with Crippen LogP contribution < -0.4 is 0 Å². The van der Waals surface area contributed by atoms with Crippen molar-refractivity contribution in [2.75, 3.05) is 26.7 Å². The maximum absolute atomic E-state index is 12.4. The fourth-order valence-electron chi connectivity index (χ4n) is 2.09. The molecule has 0 bridgehead atoms. The zero-order chi connectivity index (χ0) is 14.9. The molecule has 0 saturated carbocycles. The smallest absolute Gasteiger partial charge is 0.325 e. The molecule has 9 heteroatoms. The highest BCUT2D eigenvalue weighted by Gasteiger charge is 2.31. The summed E-state index contributed by atoms with van der Waals surface area (Å²) in [5, 5.41) is 12.4. The molecule has 1 aliphatic heterocycles. The van der Waals surface area contributed by atoms with Crippen LogP contribution in [0.3, 0.4) is 0 Å². The molecule has 0 aliphatic carbocycles. The van der Waals surface area contributed by atoms with Gasteiger partial charge >= 0.3 is 5.97 Å². The Hall–Kier alpha value is -1.45. The Morgan fingerprint density at radius 1 is 1.50 bits per heavy atom. The molecule has 1 unspecified atom stereocenters. The summed E-state index contributed by atoms with van der Waals surface area (Å²) in [7, 11) is -1.65. The fourth-order valence-corrected chi connectivity index (χ4v) is 3.55. The van der Waals surface area contributed by atoms with Crippen molar-refractivity contribution in [1.82, 2.24) is 19.0 Å². The molecule has 1 N–H and O–H groups in total. The van der Waals surface area contributed by atoms with E-state index in [1.165, 1.54) is 16.7 Å². The summed E-state index contributed by atoms with van der Waals surface area (Å²) in [6.07, 6.45) is 2.45. The molecular weight excluding hydrogens is 284 g/mol. The van der Waals surface area contributed by atoms with Crippen molar-refractivity contribution in [3.8, 4) is 0 Å². The Balaban J connectivity index is 2.18. The molecule has 1 aromatic rings. The molecule has 1 aromatic heterocycles. The predicted octanol–water partition coefficient (Wildman–Crippen LogP) is -0.708. The van der Waals surface area contributed by atoms with E-state index in [0.717, 1.165) is 4.68 Å². The van der Waals surface area contributed by atoms with E-state index in [1.54, 1.807) is 0 Å². The number of aliphatic carboxylic acids is 1. The van der Waals surface area contributed by atoms with Crippen LogP contribution in [0.2, 0.25) is 0 Å².